The summed E-state index contributed by atoms with van der Waals surface area (Å²) in [7, 11) is 1.38. The molecule has 0 amide bonds. The molecule has 0 unspecified atom stereocenters. The number of methoxy groups -OCH3 is 1. The number of rotatable bonds is 4. The summed E-state index contributed by atoms with van der Waals surface area (Å²) in [6, 6.07) is 5.41. The van der Waals surface area contributed by atoms with E-state index >= 15 is 0 Å². The van der Waals surface area contributed by atoms with Gasteiger partial charge in [-0.3, -0.25) is 0 Å². The number of benzene rings is 1. The summed E-state index contributed by atoms with van der Waals surface area (Å²) in [5.41, 5.74) is 1.39. The van der Waals surface area contributed by atoms with Crippen molar-refractivity contribution in [1.82, 2.24) is 0 Å². The van der Waals surface area contributed by atoms with Crippen LogP contribution in [0.15, 0.2) is 18.2 Å². The third-order valence-corrected chi connectivity index (χ3v) is 2.26. The molecule has 0 saturated heterocycles. The maximum Gasteiger partial charge on any atom is 0.338 e. The van der Waals surface area contributed by atoms with Crippen LogP contribution in [-0.2, 0) is 4.74 Å². The second kappa shape index (κ2) is 5.54. The van der Waals surface area contributed by atoms with Crippen molar-refractivity contribution in [1.29, 1.82) is 0 Å². The molecule has 0 aliphatic heterocycles. The van der Waals surface area contributed by atoms with Crippen molar-refractivity contribution in [2.45, 2.75) is 20.8 Å². The summed E-state index contributed by atoms with van der Waals surface area (Å²) in [6.07, 6.45) is 0. The van der Waals surface area contributed by atoms with Gasteiger partial charge < -0.3 is 9.47 Å². The minimum atomic E-state index is -0.326. The quantitative estimate of drug-likeness (QED) is 0.735. The molecule has 0 N–H and O–H groups in total. The van der Waals surface area contributed by atoms with E-state index in [1.165, 1.54) is 7.11 Å². The lowest BCUT2D eigenvalue weighted by Gasteiger charge is -2.13. The van der Waals surface area contributed by atoms with Crippen molar-refractivity contribution >= 4 is 5.97 Å². The molecule has 16 heavy (non-hydrogen) atoms. The van der Waals surface area contributed by atoms with Gasteiger partial charge in [0.25, 0.3) is 0 Å². The van der Waals surface area contributed by atoms with E-state index in [0.29, 0.717) is 18.1 Å². The summed E-state index contributed by atoms with van der Waals surface area (Å²) in [5, 5.41) is 0. The molecule has 0 heterocycles. The highest BCUT2D eigenvalue weighted by molar-refractivity contribution is 5.91. The molecule has 0 atom stereocenters. The molecule has 88 valence electrons. The zero-order valence-corrected chi connectivity index (χ0v) is 10.2. The molecule has 0 bridgehead atoms. The van der Waals surface area contributed by atoms with Gasteiger partial charge in [0.2, 0.25) is 0 Å². The van der Waals surface area contributed by atoms with Crippen LogP contribution in [0.2, 0.25) is 0 Å². The van der Waals surface area contributed by atoms with Crippen LogP contribution < -0.4 is 4.74 Å². The van der Waals surface area contributed by atoms with Crippen molar-refractivity contribution < 1.29 is 14.3 Å². The van der Waals surface area contributed by atoms with E-state index in [2.05, 4.69) is 13.8 Å². The predicted molar refractivity (Wildman–Crippen MR) is 62.9 cm³/mol. The third-order valence-electron chi connectivity index (χ3n) is 2.26. The van der Waals surface area contributed by atoms with Gasteiger partial charge in [-0.05, 0) is 25.0 Å². The van der Waals surface area contributed by atoms with Crippen molar-refractivity contribution in [3.05, 3.63) is 29.3 Å². The minimum absolute atomic E-state index is 0.326. The first-order valence-corrected chi connectivity index (χ1v) is 5.37. The van der Waals surface area contributed by atoms with Gasteiger partial charge in [-0.2, -0.15) is 0 Å². The van der Waals surface area contributed by atoms with Gasteiger partial charge >= 0.3 is 5.97 Å². The Balaban J connectivity index is 2.90. The van der Waals surface area contributed by atoms with Crippen LogP contribution in [0.4, 0.5) is 0 Å². The fourth-order valence-corrected chi connectivity index (χ4v) is 1.36. The summed E-state index contributed by atoms with van der Waals surface area (Å²) in [6.45, 7) is 6.67. The SMILES string of the molecule is COC(=O)c1cccc(OCC(C)C)c1C. The van der Waals surface area contributed by atoms with Gasteiger partial charge in [0.05, 0.1) is 19.3 Å². The van der Waals surface area contributed by atoms with Gasteiger partial charge in [-0.1, -0.05) is 19.9 Å². The number of carbonyl (C=O) groups excluding carboxylic acids is 1. The summed E-state index contributed by atoms with van der Waals surface area (Å²) >= 11 is 0. The normalized spacial score (nSPS) is 10.3. The highest BCUT2D eigenvalue weighted by Gasteiger charge is 2.12. The van der Waals surface area contributed by atoms with Gasteiger partial charge in [0, 0.05) is 5.56 Å². The van der Waals surface area contributed by atoms with E-state index in [9.17, 15) is 4.79 Å². The maximum atomic E-state index is 11.4. The van der Waals surface area contributed by atoms with E-state index in [-0.39, 0.29) is 5.97 Å². The van der Waals surface area contributed by atoms with Crippen molar-refractivity contribution in [2.75, 3.05) is 13.7 Å². The zero-order chi connectivity index (χ0) is 12.1. The van der Waals surface area contributed by atoms with Crippen molar-refractivity contribution in [2.24, 2.45) is 5.92 Å². The average molecular weight is 222 g/mol. The van der Waals surface area contributed by atoms with Crippen LogP contribution in [0.3, 0.4) is 0 Å². The Bertz CT molecular complexity index is 369. The van der Waals surface area contributed by atoms with Crippen molar-refractivity contribution in [3.8, 4) is 5.75 Å². The fourth-order valence-electron chi connectivity index (χ4n) is 1.36. The number of esters is 1. The molecule has 0 aromatic heterocycles. The largest absolute Gasteiger partial charge is 0.493 e. The predicted octanol–water partition coefficient (Wildman–Crippen LogP) is 2.82. The van der Waals surface area contributed by atoms with Crippen LogP contribution in [0, 0.1) is 12.8 Å². The number of hydrogen-bond acceptors (Lipinski definition) is 3. The Morgan fingerprint density at radius 1 is 1.38 bits per heavy atom. The van der Waals surface area contributed by atoms with E-state index in [0.717, 1.165) is 11.3 Å². The number of carbonyl (C=O) groups is 1. The van der Waals surface area contributed by atoms with Crippen LogP contribution in [0.1, 0.15) is 29.8 Å². The molecule has 0 fully saturated rings. The zero-order valence-electron chi connectivity index (χ0n) is 10.2. The first kappa shape index (κ1) is 12.6. The third kappa shape index (κ3) is 2.99. The van der Waals surface area contributed by atoms with Gasteiger partial charge in [-0.25, -0.2) is 4.79 Å². The molecule has 0 aliphatic rings. The minimum Gasteiger partial charge on any atom is -0.493 e. The molecule has 1 aromatic rings. The number of hydrogen-bond donors (Lipinski definition) is 0. The second-order valence-electron chi connectivity index (χ2n) is 4.13. The Morgan fingerprint density at radius 3 is 2.62 bits per heavy atom. The molecule has 0 saturated carbocycles. The molecule has 0 aliphatic carbocycles. The van der Waals surface area contributed by atoms with E-state index in [1.54, 1.807) is 12.1 Å². The Morgan fingerprint density at radius 2 is 2.06 bits per heavy atom. The van der Waals surface area contributed by atoms with Crippen LogP contribution in [0.25, 0.3) is 0 Å². The first-order valence-electron chi connectivity index (χ1n) is 5.37. The van der Waals surface area contributed by atoms with Gasteiger partial charge in [0.15, 0.2) is 0 Å². The lowest BCUT2D eigenvalue weighted by Crippen LogP contribution is -2.08. The molecule has 1 rings (SSSR count). The van der Waals surface area contributed by atoms with Crippen LogP contribution in [-0.4, -0.2) is 19.7 Å². The lowest BCUT2D eigenvalue weighted by molar-refractivity contribution is 0.0599. The first-order chi connectivity index (χ1) is 7.56. The molecular weight excluding hydrogens is 204 g/mol. The summed E-state index contributed by atoms with van der Waals surface area (Å²) < 4.78 is 10.3. The summed E-state index contributed by atoms with van der Waals surface area (Å²) in [5.74, 6) is 0.880. The average Bonchev–Trinajstić information content (AvgIpc) is 2.26. The topological polar surface area (TPSA) is 35.5 Å². The second-order valence-corrected chi connectivity index (χ2v) is 4.13. The van der Waals surface area contributed by atoms with Crippen LogP contribution in [0.5, 0.6) is 5.75 Å². The van der Waals surface area contributed by atoms with Crippen LogP contribution >= 0.6 is 0 Å². The summed E-state index contributed by atoms with van der Waals surface area (Å²) in [4.78, 5) is 11.4. The highest BCUT2D eigenvalue weighted by atomic mass is 16.5. The molecule has 1 aromatic carbocycles. The Hall–Kier alpha value is -1.51. The Labute approximate surface area is 96.4 Å². The van der Waals surface area contributed by atoms with Gasteiger partial charge in [0.1, 0.15) is 5.75 Å². The standard InChI is InChI=1S/C13H18O3/c1-9(2)8-16-12-7-5-6-11(10(12)3)13(14)15-4/h5-7,9H,8H2,1-4H3. The molecule has 3 heteroatoms. The van der Waals surface area contributed by atoms with Crippen molar-refractivity contribution in [3.63, 3.8) is 0 Å². The van der Waals surface area contributed by atoms with E-state index in [1.807, 2.05) is 13.0 Å². The van der Waals surface area contributed by atoms with Gasteiger partial charge in [-0.15, -0.1) is 0 Å². The Kier molecular flexibility index (Phi) is 4.35. The molecule has 0 radical (unpaired) electrons. The van der Waals surface area contributed by atoms with E-state index in [4.69, 9.17) is 9.47 Å². The molecule has 3 nitrogen and oxygen atoms in total. The fraction of sp³-hybridized carbons (Fsp3) is 0.462. The molecular formula is C13H18O3. The smallest absolute Gasteiger partial charge is 0.338 e. The lowest BCUT2D eigenvalue weighted by atomic mass is 10.1. The van der Waals surface area contributed by atoms with E-state index < -0.39 is 0 Å². The monoisotopic (exact) mass is 222 g/mol. The number of ether oxygens (including phenoxy) is 2. The maximum absolute atomic E-state index is 11.4. The molecule has 0 spiro atoms. The highest BCUT2D eigenvalue weighted by Crippen LogP contribution is 2.22.